The van der Waals surface area contributed by atoms with Crippen molar-refractivity contribution in [1.82, 2.24) is 9.21 Å². The highest BCUT2D eigenvalue weighted by atomic mass is 32.2. The number of amides is 1. The number of carbonyl (C=O) groups is 1. The lowest BCUT2D eigenvalue weighted by atomic mass is 10.1. The van der Waals surface area contributed by atoms with Gasteiger partial charge in [-0.25, -0.2) is 8.42 Å². The number of likely N-dealkylation sites (N-methyl/N-ethyl adjacent to an activating group) is 1. The van der Waals surface area contributed by atoms with Crippen molar-refractivity contribution in [2.75, 3.05) is 26.4 Å². The van der Waals surface area contributed by atoms with Crippen LogP contribution in [0.15, 0.2) is 0 Å². The minimum atomic E-state index is -3.25. The van der Waals surface area contributed by atoms with Gasteiger partial charge in [0.2, 0.25) is 15.9 Å². The van der Waals surface area contributed by atoms with E-state index in [1.54, 1.807) is 11.9 Å². The molecule has 5 nitrogen and oxygen atoms in total. The fourth-order valence-corrected chi connectivity index (χ4v) is 2.43. The van der Waals surface area contributed by atoms with Gasteiger partial charge in [0.25, 0.3) is 0 Å². The summed E-state index contributed by atoms with van der Waals surface area (Å²) < 4.78 is 23.9. The van der Waals surface area contributed by atoms with Gasteiger partial charge < -0.3 is 4.90 Å². The smallest absolute Gasteiger partial charge is 0.237 e. The van der Waals surface area contributed by atoms with Crippen molar-refractivity contribution in [3.8, 4) is 0 Å². The molecule has 1 fully saturated rings. The number of rotatable bonds is 1. The fourth-order valence-electron chi connectivity index (χ4n) is 1.63. The van der Waals surface area contributed by atoms with E-state index in [4.69, 9.17) is 0 Å². The van der Waals surface area contributed by atoms with Crippen LogP contribution in [0, 0.1) is 0 Å². The molecule has 6 heteroatoms. The Labute approximate surface area is 91.1 Å². The molecule has 1 rings (SSSR count). The number of sulfonamides is 1. The molecule has 1 atom stereocenters. The van der Waals surface area contributed by atoms with Crippen LogP contribution in [-0.4, -0.2) is 56.0 Å². The van der Waals surface area contributed by atoms with Crippen molar-refractivity contribution in [3.63, 3.8) is 0 Å². The van der Waals surface area contributed by atoms with Gasteiger partial charge >= 0.3 is 0 Å². The van der Waals surface area contributed by atoms with Crippen molar-refractivity contribution < 1.29 is 13.2 Å². The normalized spacial score (nSPS) is 26.2. The minimum Gasteiger partial charge on any atom is -0.342 e. The zero-order valence-electron chi connectivity index (χ0n) is 9.43. The van der Waals surface area contributed by atoms with Gasteiger partial charge in [-0.1, -0.05) is 0 Å². The zero-order valence-corrected chi connectivity index (χ0v) is 10.2. The quantitative estimate of drug-likeness (QED) is 0.636. The van der Waals surface area contributed by atoms with Crippen LogP contribution in [0.4, 0.5) is 0 Å². The molecule has 0 aromatic heterocycles. The molecular weight excluding hydrogens is 216 g/mol. The summed E-state index contributed by atoms with van der Waals surface area (Å²) in [4.78, 5) is 13.3. The van der Waals surface area contributed by atoms with Gasteiger partial charge in [0, 0.05) is 19.6 Å². The first-order chi connectivity index (χ1) is 6.82. The average Bonchev–Trinajstić information content (AvgIpc) is 2.11. The maximum Gasteiger partial charge on any atom is 0.237 e. The summed E-state index contributed by atoms with van der Waals surface area (Å²) in [7, 11) is -1.53. The van der Waals surface area contributed by atoms with Crippen LogP contribution in [0.25, 0.3) is 0 Å². The average molecular weight is 234 g/mol. The number of carbonyl (C=O) groups excluding carboxylic acids is 1. The molecule has 0 saturated carbocycles. The molecular formula is C9H18N2O3S. The Hall–Kier alpha value is -0.620. The lowest BCUT2D eigenvalue weighted by Gasteiger charge is -2.31. The Balaban J connectivity index is 2.79. The van der Waals surface area contributed by atoms with Gasteiger partial charge in [-0.3, -0.25) is 4.79 Å². The third-order valence-electron chi connectivity index (χ3n) is 2.86. The van der Waals surface area contributed by atoms with E-state index in [2.05, 4.69) is 0 Å². The molecule has 1 saturated heterocycles. The number of hydrogen-bond donors (Lipinski definition) is 0. The predicted octanol–water partition coefficient (Wildman–Crippen LogP) is -0.111. The van der Waals surface area contributed by atoms with Gasteiger partial charge in [0.15, 0.2) is 0 Å². The van der Waals surface area contributed by atoms with Crippen molar-refractivity contribution >= 4 is 15.9 Å². The molecule has 88 valence electrons. The van der Waals surface area contributed by atoms with Gasteiger partial charge in [0.1, 0.15) is 0 Å². The van der Waals surface area contributed by atoms with E-state index in [9.17, 15) is 13.2 Å². The first-order valence-corrected chi connectivity index (χ1v) is 6.88. The molecule has 1 aliphatic heterocycles. The largest absolute Gasteiger partial charge is 0.342 e. The first kappa shape index (κ1) is 12.4. The van der Waals surface area contributed by atoms with Gasteiger partial charge in [-0.05, 0) is 19.8 Å². The highest BCUT2D eigenvalue weighted by Crippen LogP contribution is 2.12. The van der Waals surface area contributed by atoms with Crippen LogP contribution in [0.3, 0.4) is 0 Å². The fraction of sp³-hybridized carbons (Fsp3) is 0.889. The highest BCUT2D eigenvalue weighted by molar-refractivity contribution is 7.88. The summed E-state index contributed by atoms with van der Waals surface area (Å²) in [5.41, 5.74) is 0. The van der Waals surface area contributed by atoms with E-state index in [-0.39, 0.29) is 18.5 Å². The van der Waals surface area contributed by atoms with Gasteiger partial charge in [-0.2, -0.15) is 4.31 Å². The number of hydrogen-bond acceptors (Lipinski definition) is 3. The molecule has 1 aliphatic rings. The third-order valence-corrected chi connectivity index (χ3v) is 4.11. The lowest BCUT2D eigenvalue weighted by Crippen LogP contribution is -2.46. The Kier molecular flexibility index (Phi) is 3.72. The molecule has 0 radical (unpaired) electrons. The lowest BCUT2D eigenvalue weighted by molar-refractivity contribution is -0.132. The van der Waals surface area contributed by atoms with E-state index in [0.717, 1.165) is 19.1 Å². The maximum absolute atomic E-state index is 11.7. The summed E-state index contributed by atoms with van der Waals surface area (Å²) >= 11 is 0. The summed E-state index contributed by atoms with van der Waals surface area (Å²) in [5, 5.41) is 0. The second-order valence-electron chi connectivity index (χ2n) is 4.09. The monoisotopic (exact) mass is 234 g/mol. The van der Waals surface area contributed by atoms with Gasteiger partial charge in [0.05, 0.1) is 12.8 Å². The van der Waals surface area contributed by atoms with Gasteiger partial charge in [-0.15, -0.1) is 0 Å². The Morgan fingerprint density at radius 2 is 2.00 bits per heavy atom. The van der Waals surface area contributed by atoms with Crippen LogP contribution in [0.1, 0.15) is 19.8 Å². The molecule has 0 unspecified atom stereocenters. The summed E-state index contributed by atoms with van der Waals surface area (Å²) in [5.74, 6) is -0.132. The molecule has 0 spiro atoms. The van der Waals surface area contributed by atoms with Crippen molar-refractivity contribution in [2.45, 2.75) is 25.8 Å². The van der Waals surface area contributed by atoms with Crippen molar-refractivity contribution in [3.05, 3.63) is 0 Å². The van der Waals surface area contributed by atoms with Crippen molar-refractivity contribution in [2.24, 2.45) is 0 Å². The van der Waals surface area contributed by atoms with E-state index in [1.807, 2.05) is 6.92 Å². The predicted molar refractivity (Wildman–Crippen MR) is 57.9 cm³/mol. The molecule has 0 N–H and O–H groups in total. The topological polar surface area (TPSA) is 57.7 Å². The molecule has 1 amide bonds. The van der Waals surface area contributed by atoms with Crippen LogP contribution in [0.2, 0.25) is 0 Å². The second-order valence-corrected chi connectivity index (χ2v) is 6.07. The Bertz CT molecular complexity index is 339. The highest BCUT2D eigenvalue weighted by Gasteiger charge is 2.26. The molecule has 0 bridgehead atoms. The van der Waals surface area contributed by atoms with Crippen LogP contribution in [0.5, 0.6) is 0 Å². The minimum absolute atomic E-state index is 0.0281. The van der Waals surface area contributed by atoms with Crippen LogP contribution >= 0.6 is 0 Å². The second kappa shape index (κ2) is 4.49. The van der Waals surface area contributed by atoms with Crippen molar-refractivity contribution in [1.29, 1.82) is 0 Å². The third kappa shape index (κ3) is 3.17. The Morgan fingerprint density at radius 1 is 1.40 bits per heavy atom. The SMILES string of the molecule is C[C@H]1CCCN(S(C)(=O)=O)CC(=O)N1C. The summed E-state index contributed by atoms with van der Waals surface area (Å²) in [6.07, 6.45) is 2.78. The van der Waals surface area contributed by atoms with E-state index in [0.29, 0.717) is 6.54 Å². The van der Waals surface area contributed by atoms with E-state index < -0.39 is 10.0 Å². The summed E-state index contributed by atoms with van der Waals surface area (Å²) in [6.45, 7) is 2.40. The molecule has 15 heavy (non-hydrogen) atoms. The molecule has 0 aliphatic carbocycles. The Morgan fingerprint density at radius 3 is 2.53 bits per heavy atom. The first-order valence-electron chi connectivity index (χ1n) is 5.03. The summed E-state index contributed by atoms with van der Waals surface area (Å²) in [6, 6.07) is 0.194. The van der Waals surface area contributed by atoms with Crippen LogP contribution < -0.4 is 0 Å². The van der Waals surface area contributed by atoms with E-state index >= 15 is 0 Å². The molecule has 0 aromatic carbocycles. The standard InChI is InChI=1S/C9H18N2O3S/c1-8-5-4-6-11(15(3,13)14)7-9(12)10(8)2/h8H,4-7H2,1-3H3/t8-/m0/s1. The maximum atomic E-state index is 11.7. The van der Waals surface area contributed by atoms with Crippen LogP contribution in [-0.2, 0) is 14.8 Å². The molecule has 0 aromatic rings. The molecule has 1 heterocycles. The van der Waals surface area contributed by atoms with E-state index in [1.165, 1.54) is 4.31 Å². The zero-order chi connectivity index (χ0) is 11.6. The number of nitrogens with zero attached hydrogens (tertiary/aromatic N) is 2.